The van der Waals surface area contributed by atoms with Crippen molar-refractivity contribution >= 4 is 10.0 Å². The topological polar surface area (TPSA) is 70.0 Å². The predicted octanol–water partition coefficient (Wildman–Crippen LogP) is 4.14. The molecule has 0 saturated heterocycles. The van der Waals surface area contributed by atoms with Crippen LogP contribution in [0.15, 0.2) is 17.0 Å². The molecule has 0 aliphatic carbocycles. The van der Waals surface area contributed by atoms with E-state index in [1.165, 1.54) is 12.8 Å². The molecule has 4 nitrogen and oxygen atoms in total. The van der Waals surface area contributed by atoms with Crippen LogP contribution in [-0.2, 0) is 10.0 Å². The smallest absolute Gasteiger partial charge is 0.207 e. The Labute approximate surface area is 141 Å². The van der Waals surface area contributed by atoms with Gasteiger partial charge >= 0.3 is 0 Å². The molecule has 5 heteroatoms. The number of nitriles is 1. The van der Waals surface area contributed by atoms with Crippen molar-refractivity contribution in [2.24, 2.45) is 0 Å². The van der Waals surface area contributed by atoms with Gasteiger partial charge in [0.2, 0.25) is 10.0 Å². The van der Waals surface area contributed by atoms with Crippen LogP contribution in [-0.4, -0.2) is 14.5 Å². The molecule has 1 rings (SSSR count). The van der Waals surface area contributed by atoms with Gasteiger partial charge in [-0.1, -0.05) is 56.7 Å². The van der Waals surface area contributed by atoms with E-state index in [1.54, 1.807) is 13.8 Å². The van der Waals surface area contributed by atoms with Gasteiger partial charge in [-0.05, 0) is 38.3 Å². The molecule has 1 aromatic carbocycles. The van der Waals surface area contributed by atoms with Crippen molar-refractivity contribution in [2.75, 3.05) is 0 Å². The van der Waals surface area contributed by atoms with E-state index >= 15 is 0 Å². The number of aryl methyl sites for hydroxylation is 3. The highest BCUT2D eigenvalue weighted by atomic mass is 32.2. The number of nitrogens with one attached hydrogen (secondary N) is 1. The molecule has 0 radical (unpaired) electrons. The largest absolute Gasteiger partial charge is 0.242 e. The van der Waals surface area contributed by atoms with Crippen molar-refractivity contribution in [1.29, 1.82) is 5.26 Å². The van der Waals surface area contributed by atoms with Gasteiger partial charge in [-0.15, -0.1) is 0 Å². The molecule has 0 heterocycles. The van der Waals surface area contributed by atoms with E-state index < -0.39 is 16.1 Å². The summed E-state index contributed by atoms with van der Waals surface area (Å²) < 4.78 is 27.8. The van der Waals surface area contributed by atoms with Crippen molar-refractivity contribution < 1.29 is 8.42 Å². The number of benzene rings is 1. The third kappa shape index (κ3) is 5.96. The summed E-state index contributed by atoms with van der Waals surface area (Å²) in [6, 6.07) is 5.12. The van der Waals surface area contributed by atoms with Crippen LogP contribution in [0.5, 0.6) is 0 Å². The molecular formula is C18H28N2O2S. The average molecular weight is 337 g/mol. The molecular weight excluding hydrogens is 308 g/mol. The molecule has 0 fully saturated rings. The first-order valence-electron chi connectivity index (χ1n) is 8.31. The lowest BCUT2D eigenvalue weighted by molar-refractivity contribution is 0.541. The fourth-order valence-electron chi connectivity index (χ4n) is 2.94. The van der Waals surface area contributed by atoms with Crippen molar-refractivity contribution in [1.82, 2.24) is 4.72 Å². The highest BCUT2D eigenvalue weighted by Gasteiger charge is 2.23. The van der Waals surface area contributed by atoms with Crippen LogP contribution in [0.25, 0.3) is 0 Å². The Morgan fingerprint density at radius 3 is 2.17 bits per heavy atom. The SMILES string of the molecule is CCCCCCC[C@@H](C#N)NS(=O)(=O)c1c(C)cc(C)cc1C. The first kappa shape index (κ1) is 19.7. The quantitative estimate of drug-likeness (QED) is 0.689. The highest BCUT2D eigenvalue weighted by Crippen LogP contribution is 2.22. The summed E-state index contributed by atoms with van der Waals surface area (Å²) in [7, 11) is -3.67. The third-order valence-electron chi connectivity index (χ3n) is 3.92. The zero-order valence-electron chi connectivity index (χ0n) is 14.6. The fraction of sp³-hybridized carbons (Fsp3) is 0.611. The monoisotopic (exact) mass is 336 g/mol. The van der Waals surface area contributed by atoms with Crippen LogP contribution in [0, 0.1) is 32.1 Å². The molecule has 1 N–H and O–H groups in total. The molecule has 0 aliphatic rings. The summed E-state index contributed by atoms with van der Waals surface area (Å²) in [6.07, 6.45) is 5.95. The minimum absolute atomic E-state index is 0.300. The maximum absolute atomic E-state index is 12.6. The first-order valence-corrected chi connectivity index (χ1v) is 9.80. The second-order valence-corrected chi connectivity index (χ2v) is 7.88. The number of nitrogens with zero attached hydrogens (tertiary/aromatic N) is 1. The van der Waals surface area contributed by atoms with Crippen molar-refractivity contribution in [2.45, 2.75) is 77.2 Å². The van der Waals surface area contributed by atoms with Gasteiger partial charge in [-0.25, -0.2) is 8.42 Å². The molecule has 0 amide bonds. The summed E-state index contributed by atoms with van der Waals surface area (Å²) in [5, 5.41) is 9.24. The molecule has 0 spiro atoms. The summed E-state index contributed by atoms with van der Waals surface area (Å²) in [6.45, 7) is 7.68. The van der Waals surface area contributed by atoms with Crippen molar-refractivity contribution in [3.8, 4) is 6.07 Å². The molecule has 1 atom stereocenters. The molecule has 0 aromatic heterocycles. The van der Waals surface area contributed by atoms with Crippen molar-refractivity contribution in [3.63, 3.8) is 0 Å². The first-order chi connectivity index (χ1) is 10.8. The van der Waals surface area contributed by atoms with E-state index in [9.17, 15) is 13.7 Å². The summed E-state index contributed by atoms with van der Waals surface area (Å²) in [4.78, 5) is 0.300. The standard InChI is InChI=1S/C18H28N2O2S/c1-5-6-7-8-9-10-17(13-19)20-23(21,22)18-15(3)11-14(2)12-16(18)4/h11-12,17,20H,5-10H2,1-4H3/t17-/m0/s1. The van der Waals surface area contributed by atoms with Gasteiger partial charge in [0.15, 0.2) is 0 Å². The lowest BCUT2D eigenvalue weighted by Crippen LogP contribution is -2.34. The number of rotatable bonds is 9. The van der Waals surface area contributed by atoms with Gasteiger partial charge in [0, 0.05) is 0 Å². The molecule has 128 valence electrons. The number of unbranched alkanes of at least 4 members (excludes halogenated alkanes) is 4. The van der Waals surface area contributed by atoms with Gasteiger partial charge in [-0.3, -0.25) is 0 Å². The van der Waals surface area contributed by atoms with Crippen LogP contribution in [0.2, 0.25) is 0 Å². The third-order valence-corrected chi connectivity index (χ3v) is 5.70. The van der Waals surface area contributed by atoms with Crippen LogP contribution in [0.4, 0.5) is 0 Å². The second kappa shape index (κ2) is 9.05. The molecule has 1 aromatic rings. The fourth-order valence-corrected chi connectivity index (χ4v) is 4.57. The van der Waals surface area contributed by atoms with E-state index in [2.05, 4.69) is 17.7 Å². The molecule has 0 saturated carbocycles. The molecule has 0 bridgehead atoms. The minimum atomic E-state index is -3.67. The Morgan fingerprint density at radius 2 is 1.65 bits per heavy atom. The lowest BCUT2D eigenvalue weighted by Gasteiger charge is -2.16. The number of hydrogen-bond acceptors (Lipinski definition) is 3. The zero-order chi connectivity index (χ0) is 17.5. The Bertz CT molecular complexity index is 637. The van der Waals surface area contributed by atoms with E-state index in [-0.39, 0.29) is 0 Å². The van der Waals surface area contributed by atoms with Crippen molar-refractivity contribution in [3.05, 3.63) is 28.8 Å². The number of sulfonamides is 1. The average Bonchev–Trinajstić information content (AvgIpc) is 2.44. The van der Waals surface area contributed by atoms with Gasteiger partial charge in [-0.2, -0.15) is 9.98 Å². The Hall–Kier alpha value is -1.38. The van der Waals surface area contributed by atoms with Gasteiger partial charge in [0.25, 0.3) is 0 Å². The lowest BCUT2D eigenvalue weighted by atomic mass is 10.1. The van der Waals surface area contributed by atoms with E-state index in [1.807, 2.05) is 19.1 Å². The second-order valence-electron chi connectivity index (χ2n) is 6.23. The van der Waals surface area contributed by atoms with Crippen LogP contribution >= 0.6 is 0 Å². The maximum atomic E-state index is 12.6. The van der Waals surface area contributed by atoms with Gasteiger partial charge in [0.05, 0.1) is 11.0 Å². The summed E-state index contributed by atoms with van der Waals surface area (Å²) in [5.74, 6) is 0. The molecule has 0 unspecified atom stereocenters. The Balaban J connectivity index is 2.79. The van der Waals surface area contributed by atoms with E-state index in [0.29, 0.717) is 11.3 Å². The normalized spacial score (nSPS) is 12.8. The van der Waals surface area contributed by atoms with E-state index in [4.69, 9.17) is 0 Å². The van der Waals surface area contributed by atoms with Gasteiger partial charge < -0.3 is 0 Å². The minimum Gasteiger partial charge on any atom is -0.207 e. The highest BCUT2D eigenvalue weighted by molar-refractivity contribution is 7.89. The predicted molar refractivity (Wildman–Crippen MR) is 93.8 cm³/mol. The maximum Gasteiger partial charge on any atom is 0.242 e. The van der Waals surface area contributed by atoms with Crippen LogP contribution < -0.4 is 4.72 Å². The van der Waals surface area contributed by atoms with Crippen LogP contribution in [0.1, 0.15) is 62.1 Å². The Kier molecular flexibility index (Phi) is 7.74. The summed E-state index contributed by atoms with van der Waals surface area (Å²) in [5.41, 5.74) is 2.47. The molecule has 23 heavy (non-hydrogen) atoms. The Morgan fingerprint density at radius 1 is 1.09 bits per heavy atom. The van der Waals surface area contributed by atoms with Gasteiger partial charge in [0.1, 0.15) is 6.04 Å². The zero-order valence-corrected chi connectivity index (χ0v) is 15.5. The summed E-state index contributed by atoms with van der Waals surface area (Å²) >= 11 is 0. The van der Waals surface area contributed by atoms with Crippen LogP contribution in [0.3, 0.4) is 0 Å². The number of hydrogen-bond donors (Lipinski definition) is 1. The van der Waals surface area contributed by atoms with E-state index in [0.717, 1.165) is 36.0 Å². The molecule has 0 aliphatic heterocycles.